The monoisotopic (exact) mass is 352 g/mol. The highest BCUT2D eigenvalue weighted by molar-refractivity contribution is 5.55. The van der Waals surface area contributed by atoms with Crippen LogP contribution >= 0.6 is 0 Å². The summed E-state index contributed by atoms with van der Waals surface area (Å²) < 4.78 is 13.5. The first-order valence-corrected chi connectivity index (χ1v) is 8.39. The summed E-state index contributed by atoms with van der Waals surface area (Å²) in [5.41, 5.74) is 3.34. The Hall–Kier alpha value is -2.84. The number of hydrogen-bond acceptors (Lipinski definition) is 4. The number of nitrogens with zero attached hydrogens (tertiary/aromatic N) is 3. The summed E-state index contributed by atoms with van der Waals surface area (Å²) in [5.74, 6) is 6.31. The van der Waals surface area contributed by atoms with Crippen LogP contribution in [0.2, 0.25) is 0 Å². The van der Waals surface area contributed by atoms with E-state index < -0.39 is 0 Å². The largest absolute Gasteiger partial charge is 0.378 e. The lowest BCUT2D eigenvalue weighted by atomic mass is 10.1. The summed E-state index contributed by atoms with van der Waals surface area (Å²) in [7, 11) is 7.95. The molecule has 5 heteroatoms. The van der Waals surface area contributed by atoms with Gasteiger partial charge in [0, 0.05) is 31.9 Å². The second kappa shape index (κ2) is 9.02. The summed E-state index contributed by atoms with van der Waals surface area (Å²) in [6.45, 7) is 4.73. The van der Waals surface area contributed by atoms with Crippen LogP contribution < -0.4 is 10.2 Å². The van der Waals surface area contributed by atoms with Crippen molar-refractivity contribution in [2.75, 3.05) is 45.0 Å². The molecule has 0 unspecified atom stereocenters. The molecule has 0 radical (unpaired) electrons. The maximum absolute atomic E-state index is 13.5. The predicted molar refractivity (Wildman–Crippen MR) is 107 cm³/mol. The number of likely N-dealkylation sites (N-methyl/N-ethyl adjacent to an activating group) is 1. The molecule has 1 heterocycles. The molecule has 2 rings (SSSR count). The lowest BCUT2D eigenvalue weighted by molar-refractivity contribution is 0.413. The van der Waals surface area contributed by atoms with Gasteiger partial charge in [0.2, 0.25) is 0 Å². The fraction of sp³-hybridized carbons (Fsp3) is 0.286. The molecule has 0 aliphatic rings. The number of benzene rings is 1. The van der Waals surface area contributed by atoms with Crippen molar-refractivity contribution in [3.8, 4) is 11.8 Å². The second-order valence-corrected chi connectivity index (χ2v) is 6.51. The molecule has 0 aliphatic carbocycles. The molecule has 136 valence electrons. The number of hydrogen-bond donors (Lipinski definition) is 1. The Balaban J connectivity index is 2.08. The van der Waals surface area contributed by atoms with E-state index in [4.69, 9.17) is 0 Å². The van der Waals surface area contributed by atoms with Gasteiger partial charge in [0.15, 0.2) is 0 Å². The molecule has 1 aromatic carbocycles. The van der Waals surface area contributed by atoms with Gasteiger partial charge in [-0.3, -0.25) is 0 Å². The van der Waals surface area contributed by atoms with Gasteiger partial charge in [0.25, 0.3) is 0 Å². The highest BCUT2D eigenvalue weighted by Gasteiger charge is 2.07. The first-order valence-electron chi connectivity index (χ1n) is 8.39. The normalized spacial score (nSPS) is 10.2. The van der Waals surface area contributed by atoms with Crippen molar-refractivity contribution < 1.29 is 4.39 Å². The maximum Gasteiger partial charge on any atom is 0.141 e. The number of pyridine rings is 1. The first-order chi connectivity index (χ1) is 12.3. The van der Waals surface area contributed by atoms with Crippen LogP contribution in [0.25, 0.3) is 0 Å². The van der Waals surface area contributed by atoms with Gasteiger partial charge in [-0.25, -0.2) is 9.37 Å². The van der Waals surface area contributed by atoms with Gasteiger partial charge in [0.1, 0.15) is 11.6 Å². The van der Waals surface area contributed by atoms with E-state index in [0.717, 1.165) is 23.4 Å². The third-order valence-electron chi connectivity index (χ3n) is 3.77. The maximum atomic E-state index is 13.5. The van der Waals surface area contributed by atoms with Crippen molar-refractivity contribution in [1.82, 2.24) is 9.88 Å². The van der Waals surface area contributed by atoms with Crippen LogP contribution in [-0.4, -0.2) is 44.6 Å². The van der Waals surface area contributed by atoms with Crippen molar-refractivity contribution in [2.45, 2.75) is 6.42 Å². The van der Waals surface area contributed by atoms with E-state index in [2.05, 4.69) is 28.7 Å². The van der Waals surface area contributed by atoms with Crippen LogP contribution in [0.4, 0.5) is 15.9 Å². The highest BCUT2D eigenvalue weighted by atomic mass is 19.1. The molecule has 0 amide bonds. The van der Waals surface area contributed by atoms with Crippen LogP contribution in [0.5, 0.6) is 0 Å². The zero-order valence-corrected chi connectivity index (χ0v) is 15.8. The van der Waals surface area contributed by atoms with Gasteiger partial charge >= 0.3 is 0 Å². The van der Waals surface area contributed by atoms with Crippen molar-refractivity contribution in [1.29, 1.82) is 0 Å². The third kappa shape index (κ3) is 5.91. The van der Waals surface area contributed by atoms with E-state index in [-0.39, 0.29) is 5.82 Å². The van der Waals surface area contributed by atoms with Gasteiger partial charge in [-0.1, -0.05) is 12.5 Å². The summed E-state index contributed by atoms with van der Waals surface area (Å²) in [6, 6.07) is 9.46. The van der Waals surface area contributed by atoms with Gasteiger partial charge in [0.05, 0.1) is 11.9 Å². The first kappa shape index (κ1) is 19.5. The molecule has 0 aliphatic heterocycles. The van der Waals surface area contributed by atoms with Gasteiger partial charge in [-0.15, -0.1) is 0 Å². The Labute approximate surface area is 155 Å². The molecule has 1 N–H and O–H groups in total. The minimum atomic E-state index is -0.345. The molecule has 0 bridgehead atoms. The molecule has 1 aromatic heterocycles. The zero-order chi connectivity index (χ0) is 19.1. The van der Waals surface area contributed by atoms with E-state index in [1.807, 2.05) is 62.3 Å². The summed E-state index contributed by atoms with van der Waals surface area (Å²) >= 11 is 0. The molecule has 0 atom stereocenters. The van der Waals surface area contributed by atoms with Crippen LogP contribution in [0.3, 0.4) is 0 Å². The van der Waals surface area contributed by atoms with E-state index in [9.17, 15) is 4.39 Å². The number of rotatable bonds is 6. The van der Waals surface area contributed by atoms with E-state index in [1.165, 1.54) is 12.3 Å². The lowest BCUT2D eigenvalue weighted by Gasteiger charge is -2.13. The molecule has 0 spiro atoms. The van der Waals surface area contributed by atoms with Gasteiger partial charge < -0.3 is 15.1 Å². The summed E-state index contributed by atoms with van der Waals surface area (Å²) in [5, 5.41) is 3.09. The van der Waals surface area contributed by atoms with E-state index in [0.29, 0.717) is 17.9 Å². The minimum Gasteiger partial charge on any atom is -0.378 e. The lowest BCUT2D eigenvalue weighted by Crippen LogP contribution is -2.16. The molecular formula is C21H25FN4. The molecule has 0 fully saturated rings. The van der Waals surface area contributed by atoms with E-state index in [1.54, 1.807) is 0 Å². The Morgan fingerprint density at radius 1 is 1.19 bits per heavy atom. The van der Waals surface area contributed by atoms with Gasteiger partial charge in [-0.2, -0.15) is 0 Å². The average Bonchev–Trinajstić information content (AvgIpc) is 2.60. The van der Waals surface area contributed by atoms with Crippen molar-refractivity contribution >= 4 is 11.5 Å². The second-order valence-electron chi connectivity index (χ2n) is 6.51. The van der Waals surface area contributed by atoms with Crippen molar-refractivity contribution in [3.05, 3.63) is 65.7 Å². The predicted octanol–water partition coefficient (Wildman–Crippen LogP) is 3.37. The fourth-order valence-corrected chi connectivity index (χ4v) is 2.29. The van der Waals surface area contributed by atoms with Crippen LogP contribution in [0.15, 0.2) is 48.8 Å². The molecule has 26 heavy (non-hydrogen) atoms. The topological polar surface area (TPSA) is 31.4 Å². The standard InChI is InChI=1S/C21H25FN4/c1-16(6-7-17-8-10-20(11-9-17)26(4)5)24-21-18(12-13-25(2)3)14-19(22)15-23-21/h8-11,14-15H,1,12-13H2,2-5H3,(H,23,24). The Kier molecular flexibility index (Phi) is 6.76. The number of halogens is 1. The molecule has 0 saturated carbocycles. The van der Waals surface area contributed by atoms with Crippen molar-refractivity contribution in [2.24, 2.45) is 0 Å². The smallest absolute Gasteiger partial charge is 0.141 e. The third-order valence-corrected chi connectivity index (χ3v) is 3.77. The summed E-state index contributed by atoms with van der Waals surface area (Å²) in [6.07, 6.45) is 1.88. The SMILES string of the molecule is C=C(C#Cc1ccc(N(C)C)cc1)Nc1ncc(F)cc1CCN(C)C. The molecule has 2 aromatic rings. The number of nitrogens with one attached hydrogen (secondary N) is 1. The quantitative estimate of drug-likeness (QED) is 0.808. The van der Waals surface area contributed by atoms with Crippen LogP contribution in [0, 0.1) is 17.7 Å². The number of allylic oxidation sites excluding steroid dienone is 1. The number of aromatic nitrogens is 1. The Bertz CT molecular complexity index is 814. The molecule has 0 saturated heterocycles. The van der Waals surface area contributed by atoms with Gasteiger partial charge in [-0.05, 0) is 62.3 Å². The van der Waals surface area contributed by atoms with Crippen LogP contribution in [0.1, 0.15) is 11.1 Å². The summed E-state index contributed by atoms with van der Waals surface area (Å²) in [4.78, 5) is 8.22. The number of anilines is 2. The zero-order valence-electron chi connectivity index (χ0n) is 15.8. The van der Waals surface area contributed by atoms with Crippen LogP contribution in [-0.2, 0) is 6.42 Å². The molecular weight excluding hydrogens is 327 g/mol. The fourth-order valence-electron chi connectivity index (χ4n) is 2.29. The Morgan fingerprint density at radius 2 is 1.88 bits per heavy atom. The highest BCUT2D eigenvalue weighted by Crippen LogP contribution is 2.16. The average molecular weight is 352 g/mol. The minimum absolute atomic E-state index is 0.345. The van der Waals surface area contributed by atoms with Crippen molar-refractivity contribution in [3.63, 3.8) is 0 Å². The molecule has 4 nitrogen and oxygen atoms in total. The van der Waals surface area contributed by atoms with E-state index >= 15 is 0 Å². The Morgan fingerprint density at radius 3 is 2.50 bits per heavy atom.